The third kappa shape index (κ3) is 3.89. The Morgan fingerprint density at radius 1 is 1.22 bits per heavy atom. The molecule has 2 amide bonds. The van der Waals surface area contributed by atoms with Gasteiger partial charge in [0, 0.05) is 38.3 Å². The highest BCUT2D eigenvalue weighted by Gasteiger charge is 2.27. The summed E-state index contributed by atoms with van der Waals surface area (Å²) >= 11 is 0. The van der Waals surface area contributed by atoms with Crippen molar-refractivity contribution in [3.8, 4) is 5.75 Å². The van der Waals surface area contributed by atoms with Crippen LogP contribution in [0, 0.1) is 5.82 Å². The number of urea groups is 1. The van der Waals surface area contributed by atoms with Crippen molar-refractivity contribution in [1.29, 1.82) is 0 Å². The predicted molar refractivity (Wildman–Crippen MR) is 102 cm³/mol. The van der Waals surface area contributed by atoms with E-state index in [1.807, 2.05) is 19.3 Å². The van der Waals surface area contributed by atoms with E-state index in [9.17, 15) is 9.18 Å². The number of likely N-dealkylation sites (tertiary alicyclic amines) is 1. The van der Waals surface area contributed by atoms with Crippen molar-refractivity contribution < 1.29 is 13.9 Å². The van der Waals surface area contributed by atoms with Crippen LogP contribution in [0.2, 0.25) is 0 Å². The number of ether oxygens (including phenoxy) is 1. The molecule has 0 bridgehead atoms. The summed E-state index contributed by atoms with van der Waals surface area (Å²) in [5, 5.41) is 4.14. The summed E-state index contributed by atoms with van der Waals surface area (Å²) in [4.78, 5) is 14.2. The number of hydrogen-bond acceptors (Lipinski definition) is 2. The Kier molecular flexibility index (Phi) is 4.71. The van der Waals surface area contributed by atoms with Gasteiger partial charge in [0.2, 0.25) is 0 Å². The van der Waals surface area contributed by atoms with E-state index in [0.717, 1.165) is 17.4 Å². The highest BCUT2D eigenvalue weighted by atomic mass is 19.1. The van der Waals surface area contributed by atoms with Crippen LogP contribution in [0.25, 0.3) is 10.9 Å². The molecule has 4 rings (SSSR count). The molecule has 1 saturated heterocycles. The van der Waals surface area contributed by atoms with Crippen LogP contribution >= 0.6 is 0 Å². The smallest absolute Gasteiger partial charge is 0.317 e. The van der Waals surface area contributed by atoms with Crippen molar-refractivity contribution in [2.24, 2.45) is 7.05 Å². The average molecular weight is 367 g/mol. The molecule has 5 nitrogen and oxygen atoms in total. The first-order valence-electron chi connectivity index (χ1n) is 9.07. The van der Waals surface area contributed by atoms with Gasteiger partial charge in [-0.15, -0.1) is 0 Å². The first kappa shape index (κ1) is 17.4. The number of nitrogens with zero attached hydrogens (tertiary/aromatic N) is 2. The number of halogens is 1. The van der Waals surface area contributed by atoms with E-state index in [-0.39, 0.29) is 18.0 Å². The monoisotopic (exact) mass is 367 g/mol. The number of benzene rings is 2. The van der Waals surface area contributed by atoms with Gasteiger partial charge >= 0.3 is 6.03 Å². The molecule has 6 heteroatoms. The second-order valence-corrected chi connectivity index (χ2v) is 6.91. The number of carbonyl (C=O) groups excluding carboxylic acids is 1. The number of hydrogen-bond donors (Lipinski definition) is 1. The molecule has 0 saturated carbocycles. The molecule has 2 aromatic carbocycles. The SMILES string of the molecule is Cn1ccc2cc(CNC(=O)N3CC[C@@H](Oc4ccc(F)cc4)C3)ccc21. The minimum absolute atomic E-state index is 0.0677. The largest absolute Gasteiger partial charge is 0.489 e. The number of rotatable bonds is 4. The van der Waals surface area contributed by atoms with E-state index in [1.54, 1.807) is 17.0 Å². The zero-order valence-electron chi connectivity index (χ0n) is 15.2. The Morgan fingerprint density at radius 3 is 2.85 bits per heavy atom. The molecule has 0 spiro atoms. The first-order valence-corrected chi connectivity index (χ1v) is 9.07. The number of aryl methyl sites for hydroxylation is 1. The second-order valence-electron chi connectivity index (χ2n) is 6.91. The van der Waals surface area contributed by atoms with Crippen LogP contribution in [0.5, 0.6) is 5.75 Å². The standard InChI is InChI=1S/C21H22FN3O2/c1-24-10-8-16-12-15(2-7-20(16)24)13-23-21(26)25-11-9-19(14-25)27-18-5-3-17(22)4-6-18/h2-8,10,12,19H,9,11,13-14H2,1H3,(H,23,26)/t19-/m1/s1. The van der Waals surface area contributed by atoms with Crippen LogP contribution in [0.3, 0.4) is 0 Å². The van der Waals surface area contributed by atoms with Crippen molar-refractivity contribution in [2.45, 2.75) is 19.1 Å². The Morgan fingerprint density at radius 2 is 2.04 bits per heavy atom. The maximum atomic E-state index is 13.0. The van der Waals surface area contributed by atoms with Crippen LogP contribution in [-0.2, 0) is 13.6 Å². The van der Waals surface area contributed by atoms with Gasteiger partial charge < -0.3 is 19.5 Å². The third-order valence-electron chi connectivity index (χ3n) is 4.94. The molecule has 27 heavy (non-hydrogen) atoms. The van der Waals surface area contributed by atoms with E-state index in [2.05, 4.69) is 28.1 Å². The van der Waals surface area contributed by atoms with Crippen LogP contribution in [-0.4, -0.2) is 34.7 Å². The van der Waals surface area contributed by atoms with E-state index >= 15 is 0 Å². The summed E-state index contributed by atoms with van der Waals surface area (Å²) in [5.74, 6) is 0.336. The summed E-state index contributed by atoms with van der Waals surface area (Å²) in [7, 11) is 2.02. The fraction of sp³-hybridized carbons (Fsp3) is 0.286. The Balaban J connectivity index is 1.30. The van der Waals surface area contributed by atoms with Crippen LogP contribution < -0.4 is 10.1 Å². The van der Waals surface area contributed by atoms with Gasteiger partial charge in [-0.1, -0.05) is 6.07 Å². The summed E-state index contributed by atoms with van der Waals surface area (Å²) in [6, 6.07) is 14.1. The molecule has 0 unspecified atom stereocenters. The number of fused-ring (bicyclic) bond motifs is 1. The Hall–Kier alpha value is -3.02. The molecular formula is C21H22FN3O2. The normalized spacial score (nSPS) is 16.7. The molecule has 3 aromatic rings. The van der Waals surface area contributed by atoms with Gasteiger partial charge in [0.25, 0.3) is 0 Å². The zero-order valence-corrected chi connectivity index (χ0v) is 15.2. The molecule has 1 N–H and O–H groups in total. The van der Waals surface area contributed by atoms with Crippen molar-refractivity contribution in [3.63, 3.8) is 0 Å². The van der Waals surface area contributed by atoms with Crippen molar-refractivity contribution in [1.82, 2.24) is 14.8 Å². The molecule has 1 atom stereocenters. The Bertz CT molecular complexity index is 952. The topological polar surface area (TPSA) is 46.5 Å². The lowest BCUT2D eigenvalue weighted by atomic mass is 10.1. The van der Waals surface area contributed by atoms with Crippen LogP contribution in [0.1, 0.15) is 12.0 Å². The van der Waals surface area contributed by atoms with Crippen LogP contribution in [0.15, 0.2) is 54.7 Å². The number of carbonyl (C=O) groups is 1. The molecule has 140 valence electrons. The summed E-state index contributed by atoms with van der Waals surface area (Å²) in [5.41, 5.74) is 2.24. The summed E-state index contributed by atoms with van der Waals surface area (Å²) in [6.07, 6.45) is 2.72. The van der Waals surface area contributed by atoms with Gasteiger partial charge in [-0.05, 0) is 53.4 Å². The molecule has 1 fully saturated rings. The molecular weight excluding hydrogens is 345 g/mol. The second kappa shape index (κ2) is 7.31. The number of nitrogens with one attached hydrogen (secondary N) is 1. The molecule has 1 aliphatic rings. The van der Waals surface area contributed by atoms with Gasteiger partial charge in [0.1, 0.15) is 17.7 Å². The van der Waals surface area contributed by atoms with Gasteiger partial charge in [-0.25, -0.2) is 9.18 Å². The van der Waals surface area contributed by atoms with Gasteiger partial charge in [0.15, 0.2) is 0 Å². The zero-order chi connectivity index (χ0) is 18.8. The fourth-order valence-electron chi connectivity index (χ4n) is 3.45. The summed E-state index contributed by atoms with van der Waals surface area (Å²) < 4.78 is 20.9. The highest BCUT2D eigenvalue weighted by Crippen LogP contribution is 2.19. The molecule has 2 heterocycles. The average Bonchev–Trinajstić information content (AvgIpc) is 3.29. The molecule has 0 radical (unpaired) electrons. The maximum Gasteiger partial charge on any atom is 0.317 e. The molecule has 1 aromatic heterocycles. The van der Waals surface area contributed by atoms with Crippen molar-refractivity contribution in [3.05, 3.63) is 66.1 Å². The van der Waals surface area contributed by atoms with E-state index in [0.29, 0.717) is 25.4 Å². The molecule has 1 aliphatic heterocycles. The third-order valence-corrected chi connectivity index (χ3v) is 4.94. The van der Waals surface area contributed by atoms with Gasteiger partial charge in [0.05, 0.1) is 6.54 Å². The molecule has 0 aliphatic carbocycles. The number of aromatic nitrogens is 1. The minimum atomic E-state index is -0.288. The van der Waals surface area contributed by atoms with E-state index in [4.69, 9.17) is 4.74 Å². The van der Waals surface area contributed by atoms with E-state index < -0.39 is 0 Å². The quantitative estimate of drug-likeness (QED) is 0.765. The number of amides is 2. The Labute approximate surface area is 157 Å². The van der Waals surface area contributed by atoms with Gasteiger partial charge in [-0.2, -0.15) is 0 Å². The maximum absolute atomic E-state index is 13.0. The lowest BCUT2D eigenvalue weighted by molar-refractivity contribution is 0.186. The minimum Gasteiger partial charge on any atom is -0.489 e. The van der Waals surface area contributed by atoms with Crippen LogP contribution in [0.4, 0.5) is 9.18 Å². The lowest BCUT2D eigenvalue weighted by Crippen LogP contribution is -2.39. The van der Waals surface area contributed by atoms with E-state index in [1.165, 1.54) is 17.6 Å². The van der Waals surface area contributed by atoms with Crippen molar-refractivity contribution in [2.75, 3.05) is 13.1 Å². The fourth-order valence-corrected chi connectivity index (χ4v) is 3.45. The lowest BCUT2D eigenvalue weighted by Gasteiger charge is -2.18. The van der Waals surface area contributed by atoms with Gasteiger partial charge in [-0.3, -0.25) is 0 Å². The predicted octanol–water partition coefficient (Wildman–Crippen LogP) is 3.68. The first-order chi connectivity index (χ1) is 13.1. The highest BCUT2D eigenvalue weighted by molar-refractivity contribution is 5.81. The summed E-state index contributed by atoms with van der Waals surface area (Å²) in [6.45, 7) is 1.67. The van der Waals surface area contributed by atoms with Crippen molar-refractivity contribution >= 4 is 16.9 Å².